The summed E-state index contributed by atoms with van der Waals surface area (Å²) in [6, 6.07) is 10.8. The molecule has 0 aromatic heterocycles. The molecular formula is C19H17Cl2N3O3S. The molecule has 1 saturated heterocycles. The van der Waals surface area contributed by atoms with E-state index in [0.717, 1.165) is 11.1 Å². The first-order chi connectivity index (χ1) is 13.5. The van der Waals surface area contributed by atoms with Gasteiger partial charge in [0.15, 0.2) is 16.7 Å². The van der Waals surface area contributed by atoms with Gasteiger partial charge in [0.25, 0.3) is 0 Å². The van der Waals surface area contributed by atoms with E-state index >= 15 is 0 Å². The molecule has 2 aromatic rings. The van der Waals surface area contributed by atoms with Gasteiger partial charge in [0, 0.05) is 0 Å². The van der Waals surface area contributed by atoms with Crippen LogP contribution < -0.4 is 14.8 Å². The Morgan fingerprint density at radius 2 is 1.96 bits per heavy atom. The number of benzene rings is 2. The molecule has 3 rings (SSSR count). The van der Waals surface area contributed by atoms with Crippen molar-refractivity contribution in [1.82, 2.24) is 5.32 Å². The van der Waals surface area contributed by atoms with Crippen molar-refractivity contribution in [2.45, 2.75) is 11.7 Å². The van der Waals surface area contributed by atoms with Crippen LogP contribution in [0.25, 0.3) is 0 Å². The summed E-state index contributed by atoms with van der Waals surface area (Å²) in [7, 11) is 3.14. The van der Waals surface area contributed by atoms with Crippen LogP contribution in [-0.4, -0.2) is 36.8 Å². The van der Waals surface area contributed by atoms with E-state index in [1.54, 1.807) is 38.6 Å². The van der Waals surface area contributed by atoms with Crippen molar-refractivity contribution in [2.24, 2.45) is 10.2 Å². The molecule has 1 heterocycles. The van der Waals surface area contributed by atoms with Crippen LogP contribution in [0.3, 0.4) is 0 Å². The molecule has 146 valence electrons. The van der Waals surface area contributed by atoms with E-state index in [9.17, 15) is 4.79 Å². The van der Waals surface area contributed by atoms with Crippen LogP contribution in [0.5, 0.6) is 11.5 Å². The van der Waals surface area contributed by atoms with Gasteiger partial charge in [0.1, 0.15) is 0 Å². The fraction of sp³-hybridized carbons (Fsp3) is 0.211. The van der Waals surface area contributed by atoms with Crippen molar-refractivity contribution >= 4 is 52.3 Å². The third-order valence-corrected chi connectivity index (χ3v) is 5.91. The first-order valence-electron chi connectivity index (χ1n) is 8.25. The van der Waals surface area contributed by atoms with Crippen molar-refractivity contribution in [3.05, 3.63) is 57.6 Å². The molecule has 0 unspecified atom stereocenters. The molecular weight excluding hydrogens is 421 g/mol. The summed E-state index contributed by atoms with van der Waals surface area (Å²) in [6.45, 7) is 0. The molecule has 2 aromatic carbocycles. The summed E-state index contributed by atoms with van der Waals surface area (Å²) >= 11 is 13.5. The molecule has 6 nitrogen and oxygen atoms in total. The van der Waals surface area contributed by atoms with E-state index < -0.39 is 0 Å². The number of hydrogen-bond acceptors (Lipinski definition) is 6. The van der Waals surface area contributed by atoms with E-state index in [-0.39, 0.29) is 11.2 Å². The van der Waals surface area contributed by atoms with Gasteiger partial charge < -0.3 is 14.8 Å². The molecule has 0 radical (unpaired) electrons. The van der Waals surface area contributed by atoms with Gasteiger partial charge >= 0.3 is 0 Å². The van der Waals surface area contributed by atoms with Crippen LogP contribution in [0.4, 0.5) is 0 Å². The molecule has 1 fully saturated rings. The first-order valence-corrected chi connectivity index (χ1v) is 9.89. The maximum atomic E-state index is 12.2. The maximum Gasteiger partial charge on any atom is 0.239 e. The Hall–Kier alpha value is -2.22. The van der Waals surface area contributed by atoms with Crippen molar-refractivity contribution in [2.75, 3.05) is 14.2 Å². The Labute approximate surface area is 176 Å². The van der Waals surface area contributed by atoms with Gasteiger partial charge in [-0.2, -0.15) is 5.10 Å². The third-order valence-electron chi connectivity index (χ3n) is 3.98. The van der Waals surface area contributed by atoms with Crippen LogP contribution in [0.1, 0.15) is 11.1 Å². The molecule has 1 aliphatic heterocycles. The number of carbonyl (C=O) groups excluding carboxylic acids is 1. The Kier molecular flexibility index (Phi) is 6.83. The van der Waals surface area contributed by atoms with Gasteiger partial charge in [-0.15, -0.1) is 5.10 Å². The molecule has 1 aliphatic rings. The number of amidine groups is 1. The average Bonchev–Trinajstić information content (AvgIpc) is 3.04. The number of ether oxygens (including phenoxy) is 2. The van der Waals surface area contributed by atoms with E-state index in [4.69, 9.17) is 32.7 Å². The van der Waals surface area contributed by atoms with Crippen molar-refractivity contribution in [3.8, 4) is 11.5 Å². The lowest BCUT2D eigenvalue weighted by molar-refractivity contribution is -0.118. The fourth-order valence-corrected chi connectivity index (χ4v) is 3.92. The number of halogens is 2. The van der Waals surface area contributed by atoms with Gasteiger partial charge in [0.2, 0.25) is 5.91 Å². The van der Waals surface area contributed by atoms with Crippen LogP contribution in [0, 0.1) is 0 Å². The van der Waals surface area contributed by atoms with Gasteiger partial charge in [-0.25, -0.2) is 0 Å². The molecule has 1 atom stereocenters. The second kappa shape index (κ2) is 9.32. The molecule has 0 bridgehead atoms. The van der Waals surface area contributed by atoms with Crippen LogP contribution >= 0.6 is 35.0 Å². The summed E-state index contributed by atoms with van der Waals surface area (Å²) < 4.78 is 10.5. The van der Waals surface area contributed by atoms with Crippen LogP contribution in [0.2, 0.25) is 10.0 Å². The number of thioether (sulfide) groups is 1. The third kappa shape index (κ3) is 4.79. The Morgan fingerprint density at radius 3 is 2.71 bits per heavy atom. The monoisotopic (exact) mass is 437 g/mol. The number of methoxy groups -OCH3 is 2. The summed E-state index contributed by atoms with van der Waals surface area (Å²) in [6.07, 6.45) is 2.02. The second-order valence-corrected chi connectivity index (χ2v) is 7.75. The minimum Gasteiger partial charge on any atom is -0.493 e. The van der Waals surface area contributed by atoms with Crippen molar-refractivity contribution < 1.29 is 14.3 Å². The van der Waals surface area contributed by atoms with E-state index in [0.29, 0.717) is 33.1 Å². The van der Waals surface area contributed by atoms with E-state index in [1.165, 1.54) is 11.8 Å². The zero-order valence-electron chi connectivity index (χ0n) is 15.1. The smallest absolute Gasteiger partial charge is 0.239 e. The Bertz CT molecular complexity index is 950. The zero-order chi connectivity index (χ0) is 20.1. The van der Waals surface area contributed by atoms with Crippen LogP contribution in [0.15, 0.2) is 46.6 Å². The topological polar surface area (TPSA) is 72.3 Å². The minimum absolute atomic E-state index is 0.138. The second-order valence-electron chi connectivity index (χ2n) is 5.78. The first kappa shape index (κ1) is 20.5. The lowest BCUT2D eigenvalue weighted by Gasteiger charge is -2.08. The number of carbonyl (C=O) groups is 1. The van der Waals surface area contributed by atoms with Crippen molar-refractivity contribution in [1.29, 1.82) is 0 Å². The lowest BCUT2D eigenvalue weighted by atomic mass is 10.1. The summed E-state index contributed by atoms with van der Waals surface area (Å²) in [5, 5.41) is 11.9. The highest BCUT2D eigenvalue weighted by Crippen LogP contribution is 2.30. The lowest BCUT2D eigenvalue weighted by Crippen LogP contribution is -2.26. The van der Waals surface area contributed by atoms with Crippen molar-refractivity contribution in [3.63, 3.8) is 0 Å². The van der Waals surface area contributed by atoms with E-state index in [2.05, 4.69) is 15.5 Å². The predicted octanol–water partition coefficient (Wildman–Crippen LogP) is 4.17. The normalized spacial score (nSPS) is 17.9. The molecule has 28 heavy (non-hydrogen) atoms. The number of rotatable bonds is 6. The average molecular weight is 438 g/mol. The molecule has 1 N–H and O–H groups in total. The maximum absolute atomic E-state index is 12.2. The Balaban J connectivity index is 1.67. The highest BCUT2D eigenvalue weighted by molar-refractivity contribution is 8.15. The largest absolute Gasteiger partial charge is 0.493 e. The number of nitrogens with one attached hydrogen (secondary N) is 1. The standard InChI is InChI=1S/C19H17Cl2N3O3S/c1-26-14-7-6-11(8-15(14)27-2)10-22-24-19-23-18(25)16(28-19)9-12-4-3-5-13(20)17(12)21/h3-8,10,16H,9H2,1-2H3,(H,23,24,25)/b22-10-/t16-/m0/s1. The van der Waals surface area contributed by atoms with Gasteiger partial charge in [-0.3, -0.25) is 4.79 Å². The van der Waals surface area contributed by atoms with E-state index in [1.807, 2.05) is 18.2 Å². The molecule has 0 saturated carbocycles. The highest BCUT2D eigenvalue weighted by Gasteiger charge is 2.31. The number of hydrogen-bond donors (Lipinski definition) is 1. The predicted molar refractivity (Wildman–Crippen MR) is 114 cm³/mol. The zero-order valence-corrected chi connectivity index (χ0v) is 17.4. The summed E-state index contributed by atoms with van der Waals surface area (Å²) in [5.74, 6) is 1.09. The minimum atomic E-state index is -0.342. The van der Waals surface area contributed by atoms with Gasteiger partial charge in [-0.1, -0.05) is 47.1 Å². The number of nitrogens with zero attached hydrogens (tertiary/aromatic N) is 2. The fourth-order valence-electron chi connectivity index (χ4n) is 2.57. The van der Waals surface area contributed by atoms with Gasteiger partial charge in [0.05, 0.1) is 35.7 Å². The molecule has 0 spiro atoms. The SMILES string of the molecule is COc1ccc(/C=N\N=C2\NC(=O)[C@H](Cc3cccc(Cl)c3Cl)S2)cc1OC. The highest BCUT2D eigenvalue weighted by atomic mass is 35.5. The summed E-state index contributed by atoms with van der Waals surface area (Å²) in [4.78, 5) is 12.2. The number of amides is 1. The van der Waals surface area contributed by atoms with Gasteiger partial charge in [-0.05, 0) is 41.8 Å². The quantitative estimate of drug-likeness (QED) is 0.543. The molecule has 1 amide bonds. The summed E-state index contributed by atoms with van der Waals surface area (Å²) in [5.41, 5.74) is 1.61. The molecule has 0 aliphatic carbocycles. The Morgan fingerprint density at radius 1 is 1.18 bits per heavy atom. The molecule has 9 heteroatoms. The van der Waals surface area contributed by atoms with Crippen LogP contribution in [-0.2, 0) is 11.2 Å².